The smallest absolute Gasteiger partial charge is 0.251 e. The van der Waals surface area contributed by atoms with Gasteiger partial charge in [-0.3, -0.25) is 9.69 Å². The normalized spacial score (nSPS) is 15.4. The van der Waals surface area contributed by atoms with Gasteiger partial charge in [0, 0.05) is 43.2 Å². The van der Waals surface area contributed by atoms with Crippen molar-refractivity contribution >= 4 is 5.91 Å². The molecule has 1 atom stereocenters. The Bertz CT molecular complexity index is 1170. The molecular formula is C26H33FN6O2. The second kappa shape index (κ2) is 11.0. The van der Waals surface area contributed by atoms with Crippen molar-refractivity contribution in [2.24, 2.45) is 5.92 Å². The van der Waals surface area contributed by atoms with E-state index in [1.807, 2.05) is 26.0 Å². The summed E-state index contributed by atoms with van der Waals surface area (Å²) in [4.78, 5) is 15.6. The lowest BCUT2D eigenvalue weighted by atomic mass is 9.99. The molecule has 1 amide bonds. The number of tetrazole rings is 1. The van der Waals surface area contributed by atoms with Gasteiger partial charge in [-0.15, -0.1) is 5.10 Å². The Hall–Kier alpha value is -3.17. The predicted molar refractivity (Wildman–Crippen MR) is 132 cm³/mol. The summed E-state index contributed by atoms with van der Waals surface area (Å²) in [6.45, 7) is 11.9. The van der Waals surface area contributed by atoms with E-state index < -0.39 is 0 Å². The van der Waals surface area contributed by atoms with E-state index in [-0.39, 0.29) is 17.8 Å². The van der Waals surface area contributed by atoms with Crippen LogP contribution in [0, 0.1) is 18.7 Å². The number of aromatic nitrogens is 4. The van der Waals surface area contributed by atoms with Crippen molar-refractivity contribution in [1.29, 1.82) is 0 Å². The van der Waals surface area contributed by atoms with E-state index in [9.17, 15) is 9.18 Å². The van der Waals surface area contributed by atoms with Gasteiger partial charge in [-0.2, -0.15) is 4.68 Å². The lowest BCUT2D eigenvalue weighted by Gasteiger charge is -2.29. The van der Waals surface area contributed by atoms with Crippen LogP contribution in [-0.4, -0.2) is 69.9 Å². The number of nitrogens with zero attached hydrogens (tertiary/aromatic N) is 5. The van der Waals surface area contributed by atoms with Crippen molar-refractivity contribution < 1.29 is 13.9 Å². The van der Waals surface area contributed by atoms with Crippen molar-refractivity contribution in [3.8, 4) is 16.8 Å². The monoisotopic (exact) mass is 480 g/mol. The maximum Gasteiger partial charge on any atom is 0.251 e. The first-order valence-electron chi connectivity index (χ1n) is 12.1. The summed E-state index contributed by atoms with van der Waals surface area (Å²) < 4.78 is 21.9. The Morgan fingerprint density at radius 1 is 1.14 bits per heavy atom. The number of halogens is 1. The fourth-order valence-corrected chi connectivity index (χ4v) is 4.30. The van der Waals surface area contributed by atoms with E-state index in [1.54, 1.807) is 22.9 Å². The number of morpholine rings is 1. The highest BCUT2D eigenvalue weighted by molar-refractivity contribution is 5.96. The van der Waals surface area contributed by atoms with Crippen LogP contribution in [0.2, 0.25) is 0 Å². The molecule has 2 heterocycles. The van der Waals surface area contributed by atoms with Crippen LogP contribution in [0.5, 0.6) is 0 Å². The van der Waals surface area contributed by atoms with Gasteiger partial charge in [0.05, 0.1) is 18.9 Å². The van der Waals surface area contributed by atoms with Crippen LogP contribution >= 0.6 is 0 Å². The predicted octanol–water partition coefficient (Wildman–Crippen LogP) is 3.43. The second-order valence-electron chi connectivity index (χ2n) is 9.64. The molecule has 0 aliphatic carbocycles. The van der Waals surface area contributed by atoms with Crippen molar-refractivity contribution in [3.05, 3.63) is 59.2 Å². The van der Waals surface area contributed by atoms with Gasteiger partial charge < -0.3 is 10.1 Å². The van der Waals surface area contributed by atoms with E-state index in [0.29, 0.717) is 53.8 Å². The lowest BCUT2D eigenvalue weighted by Crippen LogP contribution is -2.46. The number of ether oxygens (including phenoxy) is 1. The average molecular weight is 481 g/mol. The molecule has 2 aromatic carbocycles. The molecule has 35 heavy (non-hydrogen) atoms. The van der Waals surface area contributed by atoms with Crippen LogP contribution in [0.25, 0.3) is 16.8 Å². The molecule has 1 aliphatic rings. The summed E-state index contributed by atoms with van der Waals surface area (Å²) in [5, 5.41) is 15.3. The van der Waals surface area contributed by atoms with Crippen LogP contribution in [0.15, 0.2) is 36.4 Å². The molecule has 1 aliphatic heterocycles. The number of aryl methyl sites for hydroxylation is 1. The van der Waals surface area contributed by atoms with Crippen LogP contribution in [0.1, 0.15) is 42.5 Å². The standard InChI is InChI=1S/C26H33FN6O2/c1-17(2)11-25-29-30-31-33(25)22-14-20(23-6-5-18(3)12-24(23)27)13-21(15-22)26(34)28-19(4)16-32-7-9-35-10-8-32/h5-6,12-15,17,19H,7-11,16H2,1-4H3,(H,28,34)/t19-/m0/s1. The number of carbonyl (C=O) groups excluding carboxylic acids is 1. The van der Waals surface area contributed by atoms with Gasteiger partial charge >= 0.3 is 0 Å². The minimum atomic E-state index is -0.340. The number of benzene rings is 2. The minimum absolute atomic E-state index is 0.0617. The molecule has 0 unspecified atom stereocenters. The van der Waals surface area contributed by atoms with Gasteiger partial charge in [0.15, 0.2) is 5.82 Å². The highest BCUT2D eigenvalue weighted by Crippen LogP contribution is 2.28. The van der Waals surface area contributed by atoms with Crippen molar-refractivity contribution in [2.75, 3.05) is 32.8 Å². The molecular weight excluding hydrogens is 447 g/mol. The number of amides is 1. The van der Waals surface area contributed by atoms with Crippen LogP contribution in [0.4, 0.5) is 4.39 Å². The lowest BCUT2D eigenvalue weighted by molar-refractivity contribution is 0.0342. The fourth-order valence-electron chi connectivity index (χ4n) is 4.30. The Labute approximate surface area is 205 Å². The van der Waals surface area contributed by atoms with Crippen molar-refractivity contribution in [1.82, 2.24) is 30.4 Å². The molecule has 0 spiro atoms. The molecule has 1 saturated heterocycles. The zero-order valence-corrected chi connectivity index (χ0v) is 20.8. The summed E-state index contributed by atoms with van der Waals surface area (Å²) in [5.41, 5.74) is 2.90. The molecule has 8 nitrogen and oxygen atoms in total. The minimum Gasteiger partial charge on any atom is -0.379 e. The maximum atomic E-state index is 14.9. The maximum absolute atomic E-state index is 14.9. The van der Waals surface area contributed by atoms with Gasteiger partial charge in [0.25, 0.3) is 5.91 Å². The summed E-state index contributed by atoms with van der Waals surface area (Å²) in [5.74, 6) is 0.475. The van der Waals surface area contributed by atoms with Crippen molar-refractivity contribution in [2.45, 2.75) is 40.2 Å². The molecule has 1 fully saturated rings. The Kier molecular flexibility index (Phi) is 7.87. The van der Waals surface area contributed by atoms with Crippen LogP contribution in [0.3, 0.4) is 0 Å². The number of carbonyl (C=O) groups is 1. The second-order valence-corrected chi connectivity index (χ2v) is 9.64. The molecule has 4 rings (SSSR count). The third kappa shape index (κ3) is 6.29. The molecule has 1 N–H and O–H groups in total. The highest BCUT2D eigenvalue weighted by atomic mass is 19.1. The van der Waals surface area contributed by atoms with Gasteiger partial charge in [-0.25, -0.2) is 4.39 Å². The van der Waals surface area contributed by atoms with E-state index in [4.69, 9.17) is 4.74 Å². The summed E-state index contributed by atoms with van der Waals surface area (Å²) in [6, 6.07) is 10.3. The molecule has 3 aromatic rings. The Morgan fingerprint density at radius 3 is 2.63 bits per heavy atom. The molecule has 1 aromatic heterocycles. The summed E-state index contributed by atoms with van der Waals surface area (Å²) >= 11 is 0. The van der Waals surface area contributed by atoms with Gasteiger partial charge in [-0.1, -0.05) is 26.0 Å². The van der Waals surface area contributed by atoms with E-state index in [0.717, 1.165) is 25.2 Å². The quantitative estimate of drug-likeness (QED) is 0.532. The summed E-state index contributed by atoms with van der Waals surface area (Å²) in [6.07, 6.45) is 0.675. The van der Waals surface area contributed by atoms with Crippen LogP contribution < -0.4 is 5.32 Å². The average Bonchev–Trinajstić information content (AvgIpc) is 3.26. The van der Waals surface area contributed by atoms with E-state index in [1.165, 1.54) is 6.07 Å². The van der Waals surface area contributed by atoms with E-state index >= 15 is 0 Å². The van der Waals surface area contributed by atoms with Gasteiger partial charge in [0.1, 0.15) is 5.82 Å². The molecule has 0 saturated carbocycles. The number of hydrogen-bond acceptors (Lipinski definition) is 6. The highest BCUT2D eigenvalue weighted by Gasteiger charge is 2.19. The SMILES string of the molecule is Cc1ccc(-c2cc(C(=O)N[C@@H](C)CN3CCOCC3)cc(-n3nnnc3CC(C)C)c2)c(F)c1. The number of rotatable bonds is 8. The fraction of sp³-hybridized carbons (Fsp3) is 0.462. The number of nitrogens with one attached hydrogen (secondary N) is 1. The summed E-state index contributed by atoms with van der Waals surface area (Å²) in [7, 11) is 0. The van der Waals surface area contributed by atoms with Crippen molar-refractivity contribution in [3.63, 3.8) is 0 Å². The molecule has 9 heteroatoms. The topological polar surface area (TPSA) is 85.2 Å². The largest absolute Gasteiger partial charge is 0.379 e. The zero-order chi connectivity index (χ0) is 24.9. The molecule has 0 bridgehead atoms. The zero-order valence-electron chi connectivity index (χ0n) is 20.8. The first kappa shape index (κ1) is 24.9. The van der Waals surface area contributed by atoms with E-state index in [2.05, 4.69) is 39.6 Å². The third-order valence-corrected chi connectivity index (χ3v) is 6.00. The molecule has 186 valence electrons. The third-order valence-electron chi connectivity index (χ3n) is 6.00. The first-order chi connectivity index (χ1) is 16.8. The van der Waals surface area contributed by atoms with Gasteiger partial charge in [-0.05, 0) is 65.6 Å². The number of hydrogen-bond donors (Lipinski definition) is 1. The first-order valence-corrected chi connectivity index (χ1v) is 12.1. The van der Waals surface area contributed by atoms with Gasteiger partial charge in [0.2, 0.25) is 0 Å². The Morgan fingerprint density at radius 2 is 1.91 bits per heavy atom. The molecule has 0 radical (unpaired) electrons. The van der Waals surface area contributed by atoms with Crippen LogP contribution in [-0.2, 0) is 11.2 Å². The Balaban J connectivity index is 1.67.